The van der Waals surface area contributed by atoms with Gasteiger partial charge < -0.3 is 14.3 Å². The van der Waals surface area contributed by atoms with E-state index in [-0.39, 0.29) is 11.1 Å². The van der Waals surface area contributed by atoms with E-state index in [0.717, 1.165) is 5.56 Å². The van der Waals surface area contributed by atoms with Crippen LogP contribution in [0.1, 0.15) is 71.2 Å². The molecule has 2 N–H and O–H groups in total. The fraction of sp³-hybridized carbons (Fsp3) is 0.500. The van der Waals surface area contributed by atoms with E-state index in [1.54, 1.807) is 45.2 Å². The Morgan fingerprint density at radius 1 is 1.14 bits per heavy atom. The number of hydrogen-bond acceptors (Lipinski definition) is 5. The summed E-state index contributed by atoms with van der Waals surface area (Å²) in [4.78, 5) is 29.0. The van der Waals surface area contributed by atoms with Crippen molar-refractivity contribution in [3.63, 3.8) is 0 Å². The molecule has 0 spiro atoms. The van der Waals surface area contributed by atoms with E-state index < -0.39 is 31.9 Å². The number of nitrogens with one attached hydrogen (secondary N) is 1. The van der Waals surface area contributed by atoms with E-state index in [9.17, 15) is 14.7 Å². The molecule has 2 unspecified atom stereocenters. The highest BCUT2D eigenvalue weighted by Gasteiger charge is 2.44. The number of amides is 1. The van der Waals surface area contributed by atoms with Crippen molar-refractivity contribution in [1.29, 1.82) is 0 Å². The maximum Gasteiger partial charge on any atom is 0.412 e. The number of carboxylic acids is 1. The summed E-state index contributed by atoms with van der Waals surface area (Å²) in [5, 5.41) is 13.1. The van der Waals surface area contributed by atoms with Crippen molar-refractivity contribution in [3.8, 4) is 11.1 Å². The molecule has 9 heteroatoms. The van der Waals surface area contributed by atoms with Gasteiger partial charge in [0.25, 0.3) is 0 Å². The number of nitrogens with zero attached hydrogens (tertiary/aromatic N) is 1. The second-order valence-corrected chi connectivity index (χ2v) is 16.7. The van der Waals surface area contributed by atoms with Crippen LogP contribution in [0.4, 0.5) is 10.5 Å². The minimum atomic E-state index is -2.18. The maximum atomic E-state index is 12.4. The molecular weight excluding hydrogens is 484 g/mol. The Labute approximate surface area is 213 Å². The average molecular weight is 519 g/mol. The van der Waals surface area contributed by atoms with Crippen molar-refractivity contribution in [3.05, 3.63) is 46.7 Å². The van der Waals surface area contributed by atoms with Gasteiger partial charge in [-0.2, -0.15) is 0 Å². The van der Waals surface area contributed by atoms with Crippen LogP contribution in [0.2, 0.25) is 23.2 Å². The molecular formula is C26H35ClN2O5Si. The number of hydrogen-bond donors (Lipinski definition) is 2. The molecule has 0 radical (unpaired) electrons. The van der Waals surface area contributed by atoms with Gasteiger partial charge in [0, 0.05) is 27.9 Å². The summed E-state index contributed by atoms with van der Waals surface area (Å²) in [5.74, 6) is -1.64. The second kappa shape index (κ2) is 9.56. The SMILES string of the molecule is CC(C)(C)OC(=O)Nc1ccc(Cl)cc1-c1cnc2c(c1)C(O[Si](C)(C)C(C)(C)C)CC2C(=O)O. The van der Waals surface area contributed by atoms with E-state index in [1.807, 2.05) is 6.07 Å². The molecule has 7 nitrogen and oxygen atoms in total. The summed E-state index contributed by atoms with van der Waals surface area (Å²) in [6, 6.07) is 7.04. The van der Waals surface area contributed by atoms with Crippen LogP contribution in [0.3, 0.4) is 0 Å². The Morgan fingerprint density at radius 2 is 1.80 bits per heavy atom. The van der Waals surface area contributed by atoms with Crippen LogP contribution in [-0.2, 0) is 14.0 Å². The van der Waals surface area contributed by atoms with Crippen molar-refractivity contribution in [2.45, 2.75) is 83.7 Å². The number of aliphatic carboxylic acids is 1. The maximum absolute atomic E-state index is 12.4. The molecule has 1 aromatic heterocycles. The van der Waals surface area contributed by atoms with Crippen LogP contribution in [0.15, 0.2) is 30.5 Å². The molecule has 2 aromatic rings. The predicted octanol–water partition coefficient (Wildman–Crippen LogP) is 7.38. The molecule has 0 saturated carbocycles. The third kappa shape index (κ3) is 6.23. The van der Waals surface area contributed by atoms with Gasteiger partial charge in [0.05, 0.1) is 17.5 Å². The Hall–Kier alpha value is -2.42. The van der Waals surface area contributed by atoms with Crippen LogP contribution < -0.4 is 5.32 Å². The molecule has 0 aliphatic heterocycles. The fourth-order valence-electron chi connectivity index (χ4n) is 3.78. The summed E-state index contributed by atoms with van der Waals surface area (Å²) in [6.45, 7) is 16.1. The minimum absolute atomic E-state index is 0.0308. The van der Waals surface area contributed by atoms with Crippen molar-refractivity contribution in [2.24, 2.45) is 0 Å². The minimum Gasteiger partial charge on any atom is -0.481 e. The monoisotopic (exact) mass is 518 g/mol. The van der Waals surface area contributed by atoms with Crippen molar-refractivity contribution in [1.82, 2.24) is 4.98 Å². The topological polar surface area (TPSA) is 97.8 Å². The molecule has 3 rings (SSSR count). The average Bonchev–Trinajstić information content (AvgIpc) is 3.04. The van der Waals surface area contributed by atoms with Gasteiger partial charge in [-0.15, -0.1) is 0 Å². The first-order chi connectivity index (χ1) is 16.0. The largest absolute Gasteiger partial charge is 0.481 e. The van der Waals surface area contributed by atoms with Gasteiger partial charge in [0.2, 0.25) is 0 Å². The summed E-state index contributed by atoms with van der Waals surface area (Å²) in [5.41, 5.74) is 2.51. The van der Waals surface area contributed by atoms with Crippen LogP contribution in [0.5, 0.6) is 0 Å². The predicted molar refractivity (Wildman–Crippen MR) is 141 cm³/mol. The highest BCUT2D eigenvalue weighted by molar-refractivity contribution is 6.74. The second-order valence-electron chi connectivity index (χ2n) is 11.5. The third-order valence-electron chi connectivity index (χ3n) is 6.55. The molecule has 190 valence electrons. The number of anilines is 1. The molecule has 35 heavy (non-hydrogen) atoms. The molecule has 0 bridgehead atoms. The molecule has 1 aliphatic rings. The number of pyridine rings is 1. The highest BCUT2D eigenvalue weighted by Crippen LogP contribution is 2.48. The van der Waals surface area contributed by atoms with E-state index >= 15 is 0 Å². The van der Waals surface area contributed by atoms with Gasteiger partial charge in [-0.25, -0.2) is 4.79 Å². The van der Waals surface area contributed by atoms with E-state index in [2.05, 4.69) is 44.2 Å². The van der Waals surface area contributed by atoms with Crippen LogP contribution in [0, 0.1) is 0 Å². The van der Waals surface area contributed by atoms with Crippen molar-refractivity contribution >= 4 is 37.7 Å². The van der Waals surface area contributed by atoms with Gasteiger partial charge >= 0.3 is 12.1 Å². The number of aromatic nitrogens is 1. The molecule has 0 fully saturated rings. The first-order valence-corrected chi connectivity index (χ1v) is 15.0. The smallest absolute Gasteiger partial charge is 0.412 e. The lowest BCUT2D eigenvalue weighted by Gasteiger charge is -2.38. The summed E-state index contributed by atoms with van der Waals surface area (Å²) in [7, 11) is -2.18. The van der Waals surface area contributed by atoms with Crippen LogP contribution >= 0.6 is 11.6 Å². The highest BCUT2D eigenvalue weighted by atomic mass is 35.5. The van der Waals surface area contributed by atoms with Gasteiger partial charge in [-0.3, -0.25) is 15.1 Å². The zero-order valence-corrected chi connectivity index (χ0v) is 23.4. The zero-order valence-electron chi connectivity index (χ0n) is 21.7. The van der Waals surface area contributed by atoms with Crippen LogP contribution in [-0.4, -0.2) is 36.1 Å². The number of ether oxygens (including phenoxy) is 1. The molecule has 1 amide bonds. The van der Waals surface area contributed by atoms with E-state index in [4.69, 9.17) is 20.8 Å². The standard InChI is InChI=1S/C26H35ClN2O5Si/c1-25(2,3)33-24(32)29-20-10-9-16(27)12-17(20)15-11-18-21(34-35(7,8)26(4,5)6)13-19(23(30)31)22(18)28-14-15/h9-12,14,19,21H,13H2,1-8H3,(H,29,32)(H,30,31). The molecule has 0 saturated heterocycles. The summed E-state index contributed by atoms with van der Waals surface area (Å²) >= 11 is 6.30. The summed E-state index contributed by atoms with van der Waals surface area (Å²) in [6.07, 6.45) is 1.00. The molecule has 1 heterocycles. The first-order valence-electron chi connectivity index (χ1n) is 11.7. The summed E-state index contributed by atoms with van der Waals surface area (Å²) < 4.78 is 12.1. The lowest BCUT2D eigenvalue weighted by atomic mass is 10.0. The van der Waals surface area contributed by atoms with E-state index in [0.29, 0.717) is 34.0 Å². The number of carbonyl (C=O) groups is 2. The van der Waals surface area contributed by atoms with Crippen LogP contribution in [0.25, 0.3) is 11.1 Å². The number of rotatable bonds is 5. The zero-order chi connectivity index (χ0) is 26.3. The molecule has 1 aliphatic carbocycles. The van der Waals surface area contributed by atoms with Gasteiger partial charge in [0.15, 0.2) is 8.32 Å². The Balaban J connectivity index is 2.04. The number of halogens is 1. The third-order valence-corrected chi connectivity index (χ3v) is 11.3. The fourth-order valence-corrected chi connectivity index (χ4v) is 5.24. The first kappa shape index (κ1) is 27.2. The van der Waals surface area contributed by atoms with Gasteiger partial charge in [0.1, 0.15) is 11.5 Å². The lowest BCUT2D eigenvalue weighted by molar-refractivity contribution is -0.139. The van der Waals surface area contributed by atoms with Gasteiger partial charge in [-0.05, 0) is 69.6 Å². The molecule has 1 aromatic carbocycles. The number of carboxylic acid groups (broad SMARTS) is 1. The van der Waals surface area contributed by atoms with Crippen molar-refractivity contribution < 1.29 is 23.9 Å². The van der Waals surface area contributed by atoms with E-state index in [1.165, 1.54) is 0 Å². The van der Waals surface area contributed by atoms with Crippen molar-refractivity contribution in [2.75, 3.05) is 5.32 Å². The molecule has 2 atom stereocenters. The lowest BCUT2D eigenvalue weighted by Crippen LogP contribution is -2.41. The Morgan fingerprint density at radius 3 is 2.37 bits per heavy atom. The number of benzene rings is 1. The number of fused-ring (bicyclic) bond motifs is 1. The normalized spacial score (nSPS) is 18.2. The van der Waals surface area contributed by atoms with Gasteiger partial charge in [-0.1, -0.05) is 32.4 Å². The quantitative estimate of drug-likeness (QED) is 0.400. The Bertz CT molecular complexity index is 1140. The number of carbonyl (C=O) groups excluding carboxylic acids is 1. The Kier molecular flexibility index (Phi) is 7.42.